The first-order chi connectivity index (χ1) is 15.6. The van der Waals surface area contributed by atoms with Crippen LogP contribution in [0, 0.1) is 5.92 Å². The maximum Gasteiger partial charge on any atom is 0.265 e. The van der Waals surface area contributed by atoms with Crippen molar-refractivity contribution in [2.24, 2.45) is 5.92 Å². The highest BCUT2D eigenvalue weighted by molar-refractivity contribution is 7.12. The van der Waals surface area contributed by atoms with Crippen LogP contribution in [0.5, 0.6) is 0 Å². The van der Waals surface area contributed by atoms with Gasteiger partial charge in [0.25, 0.3) is 5.91 Å². The highest BCUT2D eigenvalue weighted by Crippen LogP contribution is 2.26. The molecule has 8 heteroatoms. The molecule has 1 aromatic carbocycles. The van der Waals surface area contributed by atoms with Crippen LogP contribution in [0.25, 0.3) is 0 Å². The number of hydrogen-bond acceptors (Lipinski definition) is 5. The van der Waals surface area contributed by atoms with E-state index in [1.54, 1.807) is 30.3 Å². The number of rotatable bonds is 6. The first kappa shape index (κ1) is 22.5. The Bertz CT molecular complexity index is 915. The van der Waals surface area contributed by atoms with Crippen molar-refractivity contribution >= 4 is 40.4 Å². The zero-order valence-corrected chi connectivity index (χ0v) is 19.0. The van der Waals surface area contributed by atoms with E-state index >= 15 is 0 Å². The molecule has 170 valence electrons. The number of anilines is 2. The average molecular weight is 455 g/mol. The lowest BCUT2D eigenvalue weighted by molar-refractivity contribution is -0.138. The van der Waals surface area contributed by atoms with Crippen LogP contribution >= 0.6 is 11.3 Å². The van der Waals surface area contributed by atoms with Crippen LogP contribution in [0.15, 0.2) is 41.8 Å². The Morgan fingerprint density at radius 1 is 0.875 bits per heavy atom. The molecule has 0 unspecified atom stereocenters. The molecule has 3 amide bonds. The topological polar surface area (TPSA) is 81.8 Å². The summed E-state index contributed by atoms with van der Waals surface area (Å²) in [6, 6.07) is 10.7. The number of nitrogens with zero attached hydrogens (tertiary/aromatic N) is 2. The first-order valence-electron chi connectivity index (χ1n) is 11.3. The highest BCUT2D eigenvalue weighted by Gasteiger charge is 2.28. The molecule has 1 saturated carbocycles. The predicted molar refractivity (Wildman–Crippen MR) is 127 cm³/mol. The zero-order valence-electron chi connectivity index (χ0n) is 18.2. The minimum atomic E-state index is -0.141. The van der Waals surface area contributed by atoms with Crippen molar-refractivity contribution in [2.45, 2.75) is 32.1 Å². The molecule has 1 saturated heterocycles. The van der Waals surface area contributed by atoms with Crippen LogP contribution in [-0.4, -0.2) is 60.2 Å². The monoisotopic (exact) mass is 454 g/mol. The third kappa shape index (κ3) is 5.95. The molecule has 1 aliphatic carbocycles. The molecule has 32 heavy (non-hydrogen) atoms. The Kier molecular flexibility index (Phi) is 7.55. The summed E-state index contributed by atoms with van der Waals surface area (Å²) >= 11 is 1.39. The number of hydrogen-bond donors (Lipinski definition) is 2. The number of amides is 3. The van der Waals surface area contributed by atoms with Gasteiger partial charge in [0.15, 0.2) is 0 Å². The van der Waals surface area contributed by atoms with E-state index in [9.17, 15) is 14.4 Å². The Morgan fingerprint density at radius 3 is 2.16 bits per heavy atom. The van der Waals surface area contributed by atoms with Crippen LogP contribution < -0.4 is 10.6 Å². The molecule has 2 aliphatic rings. The number of carbonyl (C=O) groups is 3. The van der Waals surface area contributed by atoms with Gasteiger partial charge >= 0.3 is 0 Å². The van der Waals surface area contributed by atoms with E-state index in [0.29, 0.717) is 41.8 Å². The fraction of sp³-hybridized carbons (Fsp3) is 0.458. The van der Waals surface area contributed by atoms with Crippen molar-refractivity contribution in [3.05, 3.63) is 46.7 Å². The molecule has 0 bridgehead atoms. The van der Waals surface area contributed by atoms with Crippen molar-refractivity contribution in [1.82, 2.24) is 9.80 Å². The molecule has 2 fully saturated rings. The normalized spacial score (nSPS) is 17.7. The van der Waals surface area contributed by atoms with Crippen molar-refractivity contribution in [3.63, 3.8) is 0 Å². The average Bonchev–Trinajstić information content (AvgIpc) is 3.36. The molecule has 1 aliphatic heterocycles. The van der Waals surface area contributed by atoms with Gasteiger partial charge in [0.05, 0.1) is 11.4 Å². The number of benzene rings is 1. The van der Waals surface area contributed by atoms with Gasteiger partial charge in [-0.1, -0.05) is 25.3 Å². The van der Waals surface area contributed by atoms with E-state index < -0.39 is 0 Å². The van der Waals surface area contributed by atoms with Gasteiger partial charge in [-0.2, -0.15) is 0 Å². The quantitative estimate of drug-likeness (QED) is 0.698. The zero-order chi connectivity index (χ0) is 22.3. The molecule has 0 radical (unpaired) electrons. The summed E-state index contributed by atoms with van der Waals surface area (Å²) in [4.78, 5) is 42.0. The third-order valence-corrected chi connectivity index (χ3v) is 7.05. The summed E-state index contributed by atoms with van der Waals surface area (Å²) < 4.78 is 0. The molecule has 1 aromatic heterocycles. The fourth-order valence-electron chi connectivity index (χ4n) is 4.38. The Labute approximate surface area is 192 Å². The summed E-state index contributed by atoms with van der Waals surface area (Å²) in [6.07, 6.45) is 5.63. The number of carbonyl (C=O) groups excluding carboxylic acids is 3. The number of thiophene rings is 1. The number of nitrogens with one attached hydrogen (secondary N) is 2. The van der Waals surface area contributed by atoms with Gasteiger partial charge in [-0.25, -0.2) is 0 Å². The summed E-state index contributed by atoms with van der Waals surface area (Å²) in [5, 5.41) is 7.62. The third-order valence-electron chi connectivity index (χ3n) is 6.18. The molecule has 2 N–H and O–H groups in total. The minimum absolute atomic E-state index is 0.0765. The van der Waals surface area contributed by atoms with E-state index in [2.05, 4.69) is 15.5 Å². The van der Waals surface area contributed by atoms with Crippen LogP contribution in [0.4, 0.5) is 11.4 Å². The molecular weight excluding hydrogens is 424 g/mol. The molecular formula is C24H30N4O3S. The first-order valence-corrected chi connectivity index (χ1v) is 12.2. The second kappa shape index (κ2) is 10.7. The van der Waals surface area contributed by atoms with Crippen molar-refractivity contribution in [2.75, 3.05) is 43.4 Å². The molecule has 0 atom stereocenters. The fourth-order valence-corrected chi connectivity index (χ4v) is 4.99. The SMILES string of the molecule is O=C(CN1CCN(C(=O)C2CCCCC2)CC1)Nc1ccc(NC(=O)c2cccs2)cc1. The Morgan fingerprint density at radius 2 is 1.53 bits per heavy atom. The molecule has 4 rings (SSSR count). The van der Waals surface area contributed by atoms with E-state index in [1.165, 1.54) is 30.6 Å². The Balaban J connectivity index is 1.19. The maximum absolute atomic E-state index is 12.7. The molecule has 2 heterocycles. The van der Waals surface area contributed by atoms with Gasteiger partial charge < -0.3 is 15.5 Å². The van der Waals surface area contributed by atoms with Crippen LogP contribution in [0.2, 0.25) is 0 Å². The standard InChI is InChI=1S/C24H30N4O3S/c29-22(17-27-12-14-28(15-13-27)24(31)18-5-2-1-3-6-18)25-19-8-10-20(11-9-19)26-23(30)21-7-4-16-32-21/h4,7-11,16,18H,1-3,5-6,12-15,17H2,(H,25,29)(H,26,30). The summed E-state index contributed by atoms with van der Waals surface area (Å²) in [5.41, 5.74) is 1.37. The second-order valence-electron chi connectivity index (χ2n) is 8.49. The lowest BCUT2D eigenvalue weighted by Crippen LogP contribution is -2.52. The van der Waals surface area contributed by atoms with Gasteiger partial charge in [0.1, 0.15) is 0 Å². The molecule has 2 aromatic rings. The Hall–Kier alpha value is -2.71. The van der Waals surface area contributed by atoms with E-state index in [0.717, 1.165) is 25.9 Å². The van der Waals surface area contributed by atoms with E-state index in [4.69, 9.17) is 0 Å². The van der Waals surface area contributed by atoms with Crippen LogP contribution in [-0.2, 0) is 9.59 Å². The lowest BCUT2D eigenvalue weighted by atomic mass is 9.88. The summed E-state index contributed by atoms with van der Waals surface area (Å²) in [7, 11) is 0. The van der Waals surface area contributed by atoms with Crippen molar-refractivity contribution in [3.8, 4) is 0 Å². The summed E-state index contributed by atoms with van der Waals surface area (Å²) in [6.45, 7) is 3.14. The maximum atomic E-state index is 12.7. The summed E-state index contributed by atoms with van der Waals surface area (Å²) in [5.74, 6) is 0.294. The second-order valence-corrected chi connectivity index (χ2v) is 9.44. The largest absolute Gasteiger partial charge is 0.340 e. The number of piperazine rings is 1. The highest BCUT2D eigenvalue weighted by atomic mass is 32.1. The van der Waals surface area contributed by atoms with Crippen LogP contribution in [0.1, 0.15) is 41.8 Å². The van der Waals surface area contributed by atoms with Crippen molar-refractivity contribution < 1.29 is 14.4 Å². The van der Waals surface area contributed by atoms with E-state index in [-0.39, 0.29) is 17.7 Å². The van der Waals surface area contributed by atoms with Crippen molar-refractivity contribution in [1.29, 1.82) is 0 Å². The molecule has 0 spiro atoms. The van der Waals surface area contributed by atoms with Gasteiger partial charge in [-0.15, -0.1) is 11.3 Å². The van der Waals surface area contributed by atoms with Gasteiger partial charge in [-0.05, 0) is 48.6 Å². The smallest absolute Gasteiger partial charge is 0.265 e. The molecule has 7 nitrogen and oxygen atoms in total. The lowest BCUT2D eigenvalue weighted by Gasteiger charge is -2.36. The predicted octanol–water partition coefficient (Wildman–Crippen LogP) is 3.66. The van der Waals surface area contributed by atoms with Crippen LogP contribution in [0.3, 0.4) is 0 Å². The van der Waals surface area contributed by atoms with Gasteiger partial charge in [0, 0.05) is 43.5 Å². The van der Waals surface area contributed by atoms with Gasteiger partial charge in [-0.3, -0.25) is 19.3 Å². The minimum Gasteiger partial charge on any atom is -0.340 e. The van der Waals surface area contributed by atoms with Gasteiger partial charge in [0.2, 0.25) is 11.8 Å². The van der Waals surface area contributed by atoms with E-state index in [1.807, 2.05) is 16.3 Å².